The summed E-state index contributed by atoms with van der Waals surface area (Å²) < 4.78 is 5.50. The Balaban J connectivity index is 2.65. The predicted octanol–water partition coefficient (Wildman–Crippen LogP) is 0.557. The first-order valence-corrected chi connectivity index (χ1v) is 5.82. The van der Waals surface area contributed by atoms with E-state index >= 15 is 0 Å². The van der Waals surface area contributed by atoms with Crippen molar-refractivity contribution in [2.24, 2.45) is 5.10 Å². The van der Waals surface area contributed by atoms with Crippen LogP contribution in [-0.2, 0) is 4.79 Å². The van der Waals surface area contributed by atoms with Gasteiger partial charge in [-0.15, -0.1) is 0 Å². The number of amides is 1. The van der Waals surface area contributed by atoms with Crippen LogP contribution < -0.4 is 10.2 Å². The Hall–Kier alpha value is -2.08. The number of hydrogen-bond acceptors (Lipinski definition) is 4. The summed E-state index contributed by atoms with van der Waals surface area (Å²) in [5, 5.41) is 13.6. The van der Waals surface area contributed by atoms with Crippen molar-refractivity contribution >= 4 is 12.1 Å². The number of quaternary nitrogens is 1. The maximum Gasteiger partial charge on any atom is 0.295 e. The minimum atomic E-state index is -0.189. The number of ether oxygens (including phenoxy) is 1. The van der Waals surface area contributed by atoms with Gasteiger partial charge in [-0.1, -0.05) is 6.07 Å². The van der Waals surface area contributed by atoms with Crippen LogP contribution in [0.25, 0.3) is 0 Å². The number of methoxy groups -OCH3 is 1. The number of nitrogens with one attached hydrogen (secondary N) is 1. The number of likely N-dealkylation sites (N-methyl/N-ethyl adjacent to an activating group) is 1. The van der Waals surface area contributed by atoms with Crippen molar-refractivity contribution in [2.45, 2.75) is 0 Å². The van der Waals surface area contributed by atoms with Gasteiger partial charge in [-0.3, -0.25) is 4.79 Å². The Bertz CT molecular complexity index is 479. The molecule has 0 radical (unpaired) electrons. The van der Waals surface area contributed by atoms with Gasteiger partial charge < -0.3 is 14.3 Å². The molecule has 104 valence electrons. The van der Waals surface area contributed by atoms with Crippen molar-refractivity contribution in [1.29, 1.82) is 0 Å². The van der Waals surface area contributed by atoms with Crippen LogP contribution in [0.5, 0.6) is 11.5 Å². The van der Waals surface area contributed by atoms with E-state index in [9.17, 15) is 9.90 Å². The van der Waals surface area contributed by atoms with Gasteiger partial charge >= 0.3 is 0 Å². The number of carbonyl (C=O) groups excluding carboxylic acids is 1. The van der Waals surface area contributed by atoms with Crippen LogP contribution in [0.2, 0.25) is 0 Å². The summed E-state index contributed by atoms with van der Waals surface area (Å²) in [5.41, 5.74) is 2.89. The predicted molar refractivity (Wildman–Crippen MR) is 73.3 cm³/mol. The molecule has 1 aromatic carbocycles. The second-order valence-corrected chi connectivity index (χ2v) is 5.14. The molecule has 0 bridgehead atoms. The molecule has 1 amide bonds. The van der Waals surface area contributed by atoms with Gasteiger partial charge in [0.15, 0.2) is 18.0 Å². The van der Waals surface area contributed by atoms with Crippen molar-refractivity contribution in [3.8, 4) is 11.5 Å². The Morgan fingerprint density at radius 3 is 2.74 bits per heavy atom. The number of nitrogens with zero attached hydrogens (tertiary/aromatic N) is 2. The number of phenols is 1. The van der Waals surface area contributed by atoms with E-state index in [1.165, 1.54) is 13.3 Å². The van der Waals surface area contributed by atoms with Crippen LogP contribution in [-0.4, -0.2) is 56.5 Å². The van der Waals surface area contributed by atoms with Crippen molar-refractivity contribution in [2.75, 3.05) is 34.8 Å². The van der Waals surface area contributed by atoms with Gasteiger partial charge in [0.05, 0.1) is 34.5 Å². The standard InChI is InChI=1S/C13H19N3O3/c1-16(2,3)9-12(17)15-14-8-10-6-5-7-11(19-4)13(10)18/h5-8H,9H2,1-4H3,(H-,14,15,17,18)/p+1. The lowest BCUT2D eigenvalue weighted by atomic mass is 10.2. The SMILES string of the molecule is COc1cccc(C=NNC(=O)C[N+](C)(C)C)c1O. The average molecular weight is 266 g/mol. The third-order valence-electron chi connectivity index (χ3n) is 2.26. The Kier molecular flexibility index (Phi) is 4.88. The molecule has 0 fully saturated rings. The largest absolute Gasteiger partial charge is 0.504 e. The zero-order valence-corrected chi connectivity index (χ0v) is 11.7. The van der Waals surface area contributed by atoms with E-state index < -0.39 is 0 Å². The molecule has 0 spiro atoms. The first-order valence-electron chi connectivity index (χ1n) is 5.82. The second-order valence-electron chi connectivity index (χ2n) is 5.14. The van der Waals surface area contributed by atoms with E-state index in [0.29, 0.717) is 22.3 Å². The van der Waals surface area contributed by atoms with Crippen molar-refractivity contribution in [3.63, 3.8) is 0 Å². The van der Waals surface area contributed by atoms with Crippen LogP contribution in [0.3, 0.4) is 0 Å². The minimum Gasteiger partial charge on any atom is -0.504 e. The Labute approximate surface area is 112 Å². The maximum atomic E-state index is 11.5. The first-order chi connectivity index (χ1) is 8.83. The summed E-state index contributed by atoms with van der Waals surface area (Å²) in [5.74, 6) is 0.169. The fourth-order valence-corrected chi connectivity index (χ4v) is 1.45. The molecular weight excluding hydrogens is 246 g/mol. The normalized spacial score (nSPS) is 11.6. The molecule has 0 aliphatic rings. The van der Waals surface area contributed by atoms with Crippen molar-refractivity contribution < 1.29 is 19.1 Å². The number of benzene rings is 1. The fourth-order valence-electron chi connectivity index (χ4n) is 1.45. The van der Waals surface area contributed by atoms with E-state index in [4.69, 9.17) is 4.74 Å². The zero-order chi connectivity index (χ0) is 14.5. The van der Waals surface area contributed by atoms with Crippen LogP contribution in [0.4, 0.5) is 0 Å². The zero-order valence-electron chi connectivity index (χ0n) is 11.7. The summed E-state index contributed by atoms with van der Waals surface area (Å²) in [6.45, 7) is 0.321. The molecule has 0 heterocycles. The molecule has 0 atom stereocenters. The number of rotatable bonds is 5. The molecule has 6 heteroatoms. The van der Waals surface area contributed by atoms with E-state index in [-0.39, 0.29) is 11.7 Å². The maximum absolute atomic E-state index is 11.5. The van der Waals surface area contributed by atoms with Gasteiger partial charge in [0.1, 0.15) is 0 Å². The number of phenolic OH excluding ortho intramolecular Hbond substituents is 1. The number of hydrogen-bond donors (Lipinski definition) is 2. The number of carbonyl (C=O) groups is 1. The number of para-hydroxylation sites is 1. The molecule has 0 aliphatic heterocycles. The third kappa shape index (κ3) is 4.97. The molecular formula is C13H20N3O3+. The van der Waals surface area contributed by atoms with Crippen LogP contribution in [0.15, 0.2) is 23.3 Å². The minimum absolute atomic E-state index is 0.00500. The van der Waals surface area contributed by atoms with E-state index in [1.807, 2.05) is 21.1 Å². The lowest BCUT2D eigenvalue weighted by Crippen LogP contribution is -2.43. The quantitative estimate of drug-likeness (QED) is 0.464. The highest BCUT2D eigenvalue weighted by Gasteiger charge is 2.13. The van der Waals surface area contributed by atoms with Gasteiger partial charge in [-0.05, 0) is 12.1 Å². The van der Waals surface area contributed by atoms with Gasteiger partial charge in [0, 0.05) is 5.56 Å². The van der Waals surface area contributed by atoms with Gasteiger partial charge in [-0.2, -0.15) is 5.10 Å². The van der Waals surface area contributed by atoms with Crippen molar-refractivity contribution in [1.82, 2.24) is 5.43 Å². The van der Waals surface area contributed by atoms with E-state index in [1.54, 1.807) is 18.2 Å². The first kappa shape index (κ1) is 15.0. The smallest absolute Gasteiger partial charge is 0.295 e. The molecule has 0 aliphatic carbocycles. The summed E-state index contributed by atoms with van der Waals surface area (Å²) in [4.78, 5) is 11.5. The fraction of sp³-hybridized carbons (Fsp3) is 0.385. The molecule has 0 saturated carbocycles. The molecule has 0 saturated heterocycles. The van der Waals surface area contributed by atoms with E-state index in [0.717, 1.165) is 0 Å². The lowest BCUT2D eigenvalue weighted by molar-refractivity contribution is -0.862. The third-order valence-corrected chi connectivity index (χ3v) is 2.26. The van der Waals surface area contributed by atoms with Crippen molar-refractivity contribution in [3.05, 3.63) is 23.8 Å². The number of aromatic hydroxyl groups is 1. The van der Waals surface area contributed by atoms with Gasteiger partial charge in [-0.25, -0.2) is 5.43 Å². The summed E-state index contributed by atoms with van der Waals surface area (Å²) in [6.07, 6.45) is 1.38. The molecule has 19 heavy (non-hydrogen) atoms. The summed E-state index contributed by atoms with van der Waals surface area (Å²) in [6, 6.07) is 5.05. The van der Waals surface area contributed by atoms with Crippen LogP contribution in [0.1, 0.15) is 5.56 Å². The highest BCUT2D eigenvalue weighted by molar-refractivity contribution is 5.86. The Morgan fingerprint density at radius 2 is 2.16 bits per heavy atom. The van der Waals surface area contributed by atoms with Gasteiger partial charge in [0.25, 0.3) is 5.91 Å². The van der Waals surface area contributed by atoms with Gasteiger partial charge in [0.2, 0.25) is 0 Å². The monoisotopic (exact) mass is 266 g/mol. The van der Waals surface area contributed by atoms with E-state index in [2.05, 4.69) is 10.5 Å². The molecule has 6 nitrogen and oxygen atoms in total. The number of hydrazone groups is 1. The molecule has 0 aromatic heterocycles. The van der Waals surface area contributed by atoms with Crippen LogP contribution >= 0.6 is 0 Å². The average Bonchev–Trinajstić information content (AvgIpc) is 2.29. The second kappa shape index (κ2) is 6.19. The molecule has 1 aromatic rings. The summed E-state index contributed by atoms with van der Waals surface area (Å²) in [7, 11) is 7.21. The Morgan fingerprint density at radius 1 is 1.47 bits per heavy atom. The summed E-state index contributed by atoms with van der Waals surface area (Å²) >= 11 is 0. The molecule has 0 unspecified atom stereocenters. The molecule has 1 rings (SSSR count). The molecule has 2 N–H and O–H groups in total. The highest BCUT2D eigenvalue weighted by atomic mass is 16.5. The topological polar surface area (TPSA) is 70.9 Å². The van der Waals surface area contributed by atoms with Crippen LogP contribution in [0, 0.1) is 0 Å². The highest BCUT2D eigenvalue weighted by Crippen LogP contribution is 2.27. The lowest BCUT2D eigenvalue weighted by Gasteiger charge is -2.21.